The summed E-state index contributed by atoms with van der Waals surface area (Å²) in [6, 6.07) is 17.6. The third kappa shape index (κ3) is 3.04. The van der Waals surface area contributed by atoms with Gasteiger partial charge in [0.25, 0.3) is 0 Å². The number of aromatic nitrogens is 1. The first-order valence-electron chi connectivity index (χ1n) is 9.94. The van der Waals surface area contributed by atoms with Gasteiger partial charge in [-0.2, -0.15) is 0 Å². The van der Waals surface area contributed by atoms with Crippen molar-refractivity contribution in [3.05, 3.63) is 71.4 Å². The van der Waals surface area contributed by atoms with Crippen LogP contribution in [0.2, 0.25) is 0 Å². The van der Waals surface area contributed by atoms with Crippen molar-refractivity contribution in [2.45, 2.75) is 25.3 Å². The van der Waals surface area contributed by atoms with E-state index >= 15 is 0 Å². The Morgan fingerprint density at radius 2 is 1.78 bits per heavy atom. The van der Waals surface area contributed by atoms with Crippen molar-refractivity contribution < 1.29 is 4.79 Å². The molecule has 1 atom stereocenters. The van der Waals surface area contributed by atoms with Crippen molar-refractivity contribution in [2.24, 2.45) is 0 Å². The smallest absolute Gasteiger partial charge is 0.227 e. The van der Waals surface area contributed by atoms with Crippen molar-refractivity contribution >= 4 is 16.8 Å². The highest BCUT2D eigenvalue weighted by Crippen LogP contribution is 2.36. The lowest BCUT2D eigenvalue weighted by molar-refractivity contribution is -0.132. The second kappa shape index (κ2) is 6.86. The normalized spacial score (nSPS) is 20.1. The van der Waals surface area contributed by atoms with Gasteiger partial charge in [-0.05, 0) is 35.6 Å². The van der Waals surface area contributed by atoms with E-state index in [1.165, 1.54) is 24.0 Å². The summed E-state index contributed by atoms with van der Waals surface area (Å²) in [7, 11) is 0. The fourth-order valence-corrected chi connectivity index (χ4v) is 4.75. The Morgan fingerprint density at radius 3 is 2.67 bits per heavy atom. The van der Waals surface area contributed by atoms with Crippen LogP contribution in [0.15, 0.2) is 54.7 Å². The number of para-hydroxylation sites is 1. The minimum Gasteiger partial charge on any atom is -0.361 e. The summed E-state index contributed by atoms with van der Waals surface area (Å²) >= 11 is 0. The number of fused-ring (bicyclic) bond motifs is 2. The number of nitrogens with zero attached hydrogens (tertiary/aromatic N) is 2. The maximum absolute atomic E-state index is 12.8. The van der Waals surface area contributed by atoms with Gasteiger partial charge >= 0.3 is 0 Å². The molecule has 2 aliphatic rings. The molecule has 1 saturated heterocycles. The maximum Gasteiger partial charge on any atom is 0.227 e. The molecule has 0 radical (unpaired) electrons. The van der Waals surface area contributed by atoms with E-state index in [1.807, 2.05) is 23.2 Å². The number of aryl methyl sites for hydroxylation is 1. The third-order valence-electron chi connectivity index (χ3n) is 6.23. The molecule has 5 rings (SSSR count). The van der Waals surface area contributed by atoms with Crippen LogP contribution in [0.4, 0.5) is 0 Å². The highest BCUT2D eigenvalue weighted by atomic mass is 16.2. The van der Waals surface area contributed by atoms with Crippen LogP contribution in [0.5, 0.6) is 0 Å². The highest BCUT2D eigenvalue weighted by Gasteiger charge is 2.31. The van der Waals surface area contributed by atoms with Gasteiger partial charge in [-0.1, -0.05) is 42.5 Å². The van der Waals surface area contributed by atoms with Crippen molar-refractivity contribution in [1.29, 1.82) is 0 Å². The summed E-state index contributed by atoms with van der Waals surface area (Å²) < 4.78 is 0. The Balaban J connectivity index is 1.22. The van der Waals surface area contributed by atoms with Crippen LogP contribution >= 0.6 is 0 Å². The number of carbonyl (C=O) groups is 1. The monoisotopic (exact) mass is 359 g/mol. The molecule has 27 heavy (non-hydrogen) atoms. The SMILES string of the molecule is O=C(Cc1c[nH]c2ccccc12)N1CCN(C2CCc3ccccc32)CC1. The third-order valence-corrected chi connectivity index (χ3v) is 6.23. The molecule has 1 fully saturated rings. The van der Waals surface area contributed by atoms with Crippen molar-refractivity contribution in [3.8, 4) is 0 Å². The summed E-state index contributed by atoms with van der Waals surface area (Å²) in [5, 5.41) is 1.16. The second-order valence-corrected chi connectivity index (χ2v) is 7.71. The second-order valence-electron chi connectivity index (χ2n) is 7.71. The molecule has 1 N–H and O–H groups in total. The first-order chi connectivity index (χ1) is 13.3. The molecule has 0 spiro atoms. The van der Waals surface area contributed by atoms with Crippen LogP contribution in [0.1, 0.15) is 29.2 Å². The number of piperazine rings is 1. The molecule has 4 heteroatoms. The van der Waals surface area contributed by atoms with Crippen LogP contribution in [0.3, 0.4) is 0 Å². The molecule has 1 aliphatic carbocycles. The van der Waals surface area contributed by atoms with Crippen LogP contribution in [-0.4, -0.2) is 46.9 Å². The molecule has 0 saturated carbocycles. The summed E-state index contributed by atoms with van der Waals surface area (Å²) in [6.45, 7) is 3.61. The summed E-state index contributed by atoms with van der Waals surface area (Å²) in [5.41, 5.74) is 5.20. The molecule has 2 aromatic carbocycles. The number of carbonyl (C=O) groups excluding carboxylic acids is 1. The molecule has 1 unspecified atom stereocenters. The maximum atomic E-state index is 12.8. The number of benzene rings is 2. The molecule has 1 aromatic heterocycles. The Morgan fingerprint density at radius 1 is 1.00 bits per heavy atom. The molecular weight excluding hydrogens is 334 g/mol. The van der Waals surface area contributed by atoms with E-state index in [0.29, 0.717) is 12.5 Å². The van der Waals surface area contributed by atoms with Gasteiger partial charge in [0.2, 0.25) is 5.91 Å². The van der Waals surface area contributed by atoms with Crippen molar-refractivity contribution in [2.75, 3.05) is 26.2 Å². The highest BCUT2D eigenvalue weighted by molar-refractivity contribution is 5.88. The van der Waals surface area contributed by atoms with Gasteiger partial charge in [-0.15, -0.1) is 0 Å². The number of rotatable bonds is 3. The number of nitrogens with one attached hydrogen (secondary N) is 1. The Kier molecular flexibility index (Phi) is 4.21. The first-order valence-corrected chi connectivity index (χ1v) is 9.94. The minimum atomic E-state index is 0.242. The number of H-pyrrole nitrogens is 1. The van der Waals surface area contributed by atoms with E-state index in [9.17, 15) is 4.79 Å². The van der Waals surface area contributed by atoms with E-state index in [4.69, 9.17) is 0 Å². The lowest BCUT2D eigenvalue weighted by atomic mass is 10.1. The van der Waals surface area contributed by atoms with Gasteiger partial charge in [0.15, 0.2) is 0 Å². The lowest BCUT2D eigenvalue weighted by Gasteiger charge is -2.38. The predicted molar refractivity (Wildman–Crippen MR) is 108 cm³/mol. The first kappa shape index (κ1) is 16.6. The van der Waals surface area contributed by atoms with E-state index < -0.39 is 0 Å². The summed E-state index contributed by atoms with van der Waals surface area (Å²) in [6.07, 6.45) is 4.85. The molecule has 1 amide bonds. The number of hydrogen-bond donors (Lipinski definition) is 1. The zero-order valence-corrected chi connectivity index (χ0v) is 15.5. The van der Waals surface area contributed by atoms with Gasteiger partial charge in [0.05, 0.1) is 6.42 Å². The van der Waals surface area contributed by atoms with Crippen molar-refractivity contribution in [3.63, 3.8) is 0 Å². The van der Waals surface area contributed by atoms with E-state index in [-0.39, 0.29) is 5.91 Å². The lowest BCUT2D eigenvalue weighted by Crippen LogP contribution is -2.49. The zero-order chi connectivity index (χ0) is 18.2. The summed E-state index contributed by atoms with van der Waals surface area (Å²) in [4.78, 5) is 20.7. The molecule has 0 bridgehead atoms. The summed E-state index contributed by atoms with van der Waals surface area (Å²) in [5.74, 6) is 0.242. The number of amides is 1. The van der Waals surface area contributed by atoms with Gasteiger partial charge in [-0.3, -0.25) is 9.69 Å². The van der Waals surface area contributed by atoms with Gasteiger partial charge < -0.3 is 9.88 Å². The minimum absolute atomic E-state index is 0.242. The van der Waals surface area contributed by atoms with Crippen LogP contribution in [0.25, 0.3) is 10.9 Å². The van der Waals surface area contributed by atoms with E-state index in [0.717, 1.165) is 42.6 Å². The Hall–Kier alpha value is -2.59. The molecular formula is C23H25N3O. The number of aromatic amines is 1. The Labute approximate surface area is 159 Å². The molecule has 138 valence electrons. The van der Waals surface area contributed by atoms with Crippen molar-refractivity contribution in [1.82, 2.24) is 14.8 Å². The average Bonchev–Trinajstić information content (AvgIpc) is 3.33. The van der Waals surface area contributed by atoms with Crippen LogP contribution < -0.4 is 0 Å². The Bertz CT molecular complexity index is 968. The quantitative estimate of drug-likeness (QED) is 0.777. The van der Waals surface area contributed by atoms with E-state index in [1.54, 1.807) is 0 Å². The largest absolute Gasteiger partial charge is 0.361 e. The standard InChI is InChI=1S/C23H25N3O/c27-23(15-18-16-24-21-8-4-3-6-19(18)21)26-13-11-25(12-14-26)22-10-9-17-5-1-2-7-20(17)22/h1-8,16,22,24H,9-15H2. The predicted octanol–water partition coefficient (Wildman–Crippen LogP) is 3.54. The molecule has 3 aromatic rings. The van der Waals surface area contributed by atoms with Crippen LogP contribution in [-0.2, 0) is 17.6 Å². The molecule has 2 heterocycles. The van der Waals surface area contributed by atoms with Gasteiger partial charge in [0, 0.05) is 49.3 Å². The fraction of sp³-hybridized carbons (Fsp3) is 0.348. The molecule has 1 aliphatic heterocycles. The number of hydrogen-bond acceptors (Lipinski definition) is 2. The topological polar surface area (TPSA) is 39.3 Å². The van der Waals surface area contributed by atoms with Crippen LogP contribution in [0, 0.1) is 0 Å². The zero-order valence-electron chi connectivity index (χ0n) is 15.5. The van der Waals surface area contributed by atoms with E-state index in [2.05, 4.69) is 46.3 Å². The van der Waals surface area contributed by atoms with Gasteiger partial charge in [0.1, 0.15) is 0 Å². The fourth-order valence-electron chi connectivity index (χ4n) is 4.75. The molecule has 4 nitrogen and oxygen atoms in total. The average molecular weight is 359 g/mol. The van der Waals surface area contributed by atoms with Gasteiger partial charge in [-0.25, -0.2) is 0 Å².